The van der Waals surface area contributed by atoms with Crippen molar-refractivity contribution in [2.75, 3.05) is 32.8 Å². The molecule has 0 aromatic carbocycles. The molecule has 1 aromatic heterocycles. The molecule has 0 atom stereocenters. The van der Waals surface area contributed by atoms with Crippen LogP contribution in [0.25, 0.3) is 6.08 Å². The number of hydrogen-bond acceptors (Lipinski definition) is 7. The van der Waals surface area contributed by atoms with Crippen molar-refractivity contribution in [3.8, 4) is 0 Å². The van der Waals surface area contributed by atoms with Gasteiger partial charge in [0.2, 0.25) is 0 Å². The molecule has 0 spiro atoms. The Morgan fingerprint density at radius 2 is 2.28 bits per heavy atom. The second-order valence-electron chi connectivity index (χ2n) is 7.11. The summed E-state index contributed by atoms with van der Waals surface area (Å²) in [5.41, 5.74) is 7.40. The average Bonchev–Trinajstić information content (AvgIpc) is 2.93. The van der Waals surface area contributed by atoms with Crippen LogP contribution >= 0.6 is 11.3 Å². The summed E-state index contributed by atoms with van der Waals surface area (Å²) in [6.45, 7) is 4.58. The number of thiophene rings is 1. The number of carboxylic acid groups (broad SMARTS) is 1. The summed E-state index contributed by atoms with van der Waals surface area (Å²) in [4.78, 5) is 35.8. The minimum atomic E-state index is -1.13. The van der Waals surface area contributed by atoms with E-state index < -0.39 is 6.09 Å². The highest BCUT2D eigenvalue weighted by molar-refractivity contribution is 7.13. The number of aliphatic imine (C=N–C) groups is 1. The van der Waals surface area contributed by atoms with E-state index in [4.69, 9.17) is 15.7 Å². The van der Waals surface area contributed by atoms with E-state index in [0.29, 0.717) is 30.3 Å². The van der Waals surface area contributed by atoms with Crippen molar-refractivity contribution in [3.05, 3.63) is 21.4 Å². The molecular formula is C19H27N5O4S. The van der Waals surface area contributed by atoms with Gasteiger partial charge in [0.05, 0.1) is 17.2 Å². The Morgan fingerprint density at radius 1 is 1.48 bits per heavy atom. The first-order chi connectivity index (χ1) is 14.0. The van der Waals surface area contributed by atoms with Crippen LogP contribution in [0.4, 0.5) is 10.5 Å². The van der Waals surface area contributed by atoms with E-state index in [2.05, 4.69) is 21.7 Å². The van der Waals surface area contributed by atoms with Gasteiger partial charge in [0.15, 0.2) is 0 Å². The monoisotopic (exact) mass is 421 g/mol. The van der Waals surface area contributed by atoms with Crippen LogP contribution in [0, 0.1) is 5.92 Å². The molecule has 2 aliphatic rings. The number of hydrogen-bond donors (Lipinski definition) is 4. The second kappa shape index (κ2) is 9.86. The quantitative estimate of drug-likeness (QED) is 0.355. The molecule has 3 heterocycles. The van der Waals surface area contributed by atoms with Gasteiger partial charge < -0.3 is 21.5 Å². The molecule has 29 heavy (non-hydrogen) atoms. The third-order valence-electron chi connectivity index (χ3n) is 4.64. The van der Waals surface area contributed by atoms with Gasteiger partial charge in [-0.25, -0.2) is 14.9 Å². The summed E-state index contributed by atoms with van der Waals surface area (Å²) in [5.74, 6) is 0.768. The Balaban J connectivity index is 1.72. The van der Waals surface area contributed by atoms with E-state index >= 15 is 0 Å². The van der Waals surface area contributed by atoms with Gasteiger partial charge in [0.1, 0.15) is 5.84 Å². The number of nitrogens with one attached hydrogen (secondary N) is 2. The van der Waals surface area contributed by atoms with Crippen molar-refractivity contribution >= 4 is 40.9 Å². The molecule has 1 fully saturated rings. The van der Waals surface area contributed by atoms with Crippen molar-refractivity contribution < 1.29 is 19.5 Å². The van der Waals surface area contributed by atoms with Crippen molar-refractivity contribution in [1.29, 1.82) is 0 Å². The highest BCUT2D eigenvalue weighted by atomic mass is 32.1. The van der Waals surface area contributed by atoms with Crippen LogP contribution in [0.5, 0.6) is 0 Å². The lowest BCUT2D eigenvalue weighted by atomic mass is 9.98. The zero-order valence-corrected chi connectivity index (χ0v) is 17.3. The zero-order chi connectivity index (χ0) is 20.8. The number of fused-ring (bicyclic) bond motifs is 1. The van der Waals surface area contributed by atoms with E-state index in [0.717, 1.165) is 30.1 Å². The molecule has 9 nitrogen and oxygen atoms in total. The summed E-state index contributed by atoms with van der Waals surface area (Å²) in [5, 5.41) is 15.4. The SMILES string of the molecule is CCCN(OCCNC(=O)O)C(=O)C1=Cc2sc(CC3CNC3)cc2N=C(N)C1. The highest BCUT2D eigenvalue weighted by Gasteiger charge is 2.24. The third-order valence-corrected chi connectivity index (χ3v) is 5.73. The van der Waals surface area contributed by atoms with Crippen LogP contribution in [0.1, 0.15) is 29.5 Å². The number of carbonyl (C=O) groups is 2. The summed E-state index contributed by atoms with van der Waals surface area (Å²) >= 11 is 1.65. The van der Waals surface area contributed by atoms with Crippen molar-refractivity contribution in [3.63, 3.8) is 0 Å². The third kappa shape index (κ3) is 5.78. The summed E-state index contributed by atoms with van der Waals surface area (Å²) < 4.78 is 0. The largest absolute Gasteiger partial charge is 0.465 e. The van der Waals surface area contributed by atoms with Crippen molar-refractivity contribution in [2.24, 2.45) is 16.6 Å². The molecule has 0 unspecified atom stereocenters. The number of amides is 2. The van der Waals surface area contributed by atoms with E-state index in [1.807, 2.05) is 13.0 Å². The first kappa shape index (κ1) is 21.3. The molecular weight excluding hydrogens is 394 g/mol. The van der Waals surface area contributed by atoms with Crippen LogP contribution < -0.4 is 16.4 Å². The first-order valence-corrected chi connectivity index (χ1v) is 10.6. The predicted molar refractivity (Wildman–Crippen MR) is 112 cm³/mol. The molecule has 2 aliphatic heterocycles. The normalized spacial score (nSPS) is 16.2. The second-order valence-corrected chi connectivity index (χ2v) is 8.28. The minimum absolute atomic E-state index is 0.0682. The number of nitrogens with zero attached hydrogens (tertiary/aromatic N) is 2. The van der Waals surface area contributed by atoms with Crippen LogP contribution in [0.15, 0.2) is 16.6 Å². The van der Waals surface area contributed by atoms with Gasteiger partial charge in [0, 0.05) is 30.0 Å². The van der Waals surface area contributed by atoms with Gasteiger partial charge in [-0.2, -0.15) is 0 Å². The summed E-state index contributed by atoms with van der Waals surface area (Å²) in [7, 11) is 0. The number of rotatable bonds is 9. The van der Waals surface area contributed by atoms with Crippen LogP contribution in [-0.4, -0.2) is 60.8 Å². The van der Waals surface area contributed by atoms with Crippen LogP contribution in [-0.2, 0) is 16.1 Å². The maximum absolute atomic E-state index is 13.0. The molecule has 0 radical (unpaired) electrons. The number of hydroxylamine groups is 2. The Hall–Kier alpha value is -2.43. The van der Waals surface area contributed by atoms with E-state index in [-0.39, 0.29) is 25.5 Å². The van der Waals surface area contributed by atoms with Gasteiger partial charge in [-0.05, 0) is 44.0 Å². The summed E-state index contributed by atoms with van der Waals surface area (Å²) in [6, 6.07) is 2.06. The highest BCUT2D eigenvalue weighted by Crippen LogP contribution is 2.36. The van der Waals surface area contributed by atoms with Crippen molar-refractivity contribution in [2.45, 2.75) is 26.2 Å². The Labute approximate surface area is 173 Å². The standard InChI is InChI=1S/C19H27N5O4S/c1-2-4-24(28-5-3-22-19(26)27)18(25)13-7-16-15(23-17(20)8-13)9-14(29-16)6-12-10-21-11-12/h7,9,12,21-22H,2-6,8,10-11H2,1H3,(H2,20,23)(H,26,27). The van der Waals surface area contributed by atoms with Gasteiger partial charge >= 0.3 is 6.09 Å². The fraction of sp³-hybridized carbons (Fsp3) is 0.526. The zero-order valence-electron chi connectivity index (χ0n) is 16.4. The molecule has 3 rings (SSSR count). The first-order valence-electron chi connectivity index (χ1n) is 9.74. The van der Waals surface area contributed by atoms with Crippen LogP contribution in [0.3, 0.4) is 0 Å². The fourth-order valence-corrected chi connectivity index (χ4v) is 4.34. The molecule has 0 aliphatic carbocycles. The predicted octanol–water partition coefficient (Wildman–Crippen LogP) is 1.72. The lowest BCUT2D eigenvalue weighted by Crippen LogP contribution is -2.42. The van der Waals surface area contributed by atoms with Crippen LogP contribution in [0.2, 0.25) is 0 Å². The molecule has 1 aromatic rings. The van der Waals surface area contributed by atoms with Crippen molar-refractivity contribution in [1.82, 2.24) is 15.7 Å². The molecule has 0 bridgehead atoms. The molecule has 10 heteroatoms. The maximum Gasteiger partial charge on any atom is 0.404 e. The topological polar surface area (TPSA) is 129 Å². The number of nitrogens with two attached hydrogens (primary N) is 1. The number of carbonyl (C=O) groups excluding carboxylic acids is 1. The van der Waals surface area contributed by atoms with E-state index in [1.54, 1.807) is 11.3 Å². The van der Waals surface area contributed by atoms with E-state index in [9.17, 15) is 9.59 Å². The van der Waals surface area contributed by atoms with E-state index in [1.165, 1.54) is 9.94 Å². The lowest BCUT2D eigenvalue weighted by Gasteiger charge is -2.26. The molecule has 1 saturated heterocycles. The van der Waals surface area contributed by atoms with Gasteiger partial charge in [-0.3, -0.25) is 9.63 Å². The Kier molecular flexibility index (Phi) is 7.24. The maximum atomic E-state index is 13.0. The lowest BCUT2D eigenvalue weighted by molar-refractivity contribution is -0.181. The van der Waals surface area contributed by atoms with Gasteiger partial charge in [0.25, 0.3) is 5.91 Å². The van der Waals surface area contributed by atoms with Gasteiger partial charge in [-0.15, -0.1) is 11.3 Å². The smallest absolute Gasteiger partial charge is 0.404 e. The Bertz CT molecular complexity index is 816. The van der Waals surface area contributed by atoms with Gasteiger partial charge in [-0.1, -0.05) is 6.92 Å². The summed E-state index contributed by atoms with van der Waals surface area (Å²) in [6.07, 6.45) is 2.68. The number of amidine groups is 1. The average molecular weight is 422 g/mol. The molecule has 0 saturated carbocycles. The minimum Gasteiger partial charge on any atom is -0.465 e. The molecule has 5 N–H and O–H groups in total. The molecule has 2 amide bonds. The Morgan fingerprint density at radius 3 is 2.93 bits per heavy atom. The fourth-order valence-electron chi connectivity index (χ4n) is 3.15. The molecule has 158 valence electrons.